The van der Waals surface area contributed by atoms with Crippen LogP contribution in [0.1, 0.15) is 27.0 Å². The number of ether oxygens (including phenoxy) is 2. The molecule has 3 rings (SSSR count). The molecule has 1 aromatic heterocycles. The summed E-state index contributed by atoms with van der Waals surface area (Å²) in [5.74, 6) is -5.82. The first-order valence-corrected chi connectivity index (χ1v) is 13.0. The summed E-state index contributed by atoms with van der Waals surface area (Å²) in [4.78, 5) is 27.6. The van der Waals surface area contributed by atoms with Crippen LogP contribution in [0.2, 0.25) is 0 Å². The molecule has 1 fully saturated rings. The van der Waals surface area contributed by atoms with E-state index in [0.29, 0.717) is 0 Å². The zero-order chi connectivity index (χ0) is 29.2. The van der Waals surface area contributed by atoms with E-state index in [2.05, 4.69) is 10.1 Å². The van der Waals surface area contributed by atoms with Gasteiger partial charge in [0, 0.05) is 6.20 Å². The van der Waals surface area contributed by atoms with Crippen LogP contribution < -0.4 is 21.0 Å². The van der Waals surface area contributed by atoms with Crippen LogP contribution in [-0.4, -0.2) is 63.4 Å². The molecule has 2 aromatic rings. The number of nitrogens with two attached hydrogens (primary N) is 1. The number of aliphatic hydroxyl groups excluding tert-OH is 1. The lowest BCUT2D eigenvalue weighted by atomic mass is 9.96. The maximum Gasteiger partial charge on any atom is 0.459 e. The maximum absolute atomic E-state index is 15.1. The van der Waals surface area contributed by atoms with Gasteiger partial charge in [0.05, 0.1) is 12.7 Å². The van der Waals surface area contributed by atoms with Crippen LogP contribution in [0.4, 0.5) is 23.4 Å². The molecule has 0 radical (unpaired) electrons. The predicted octanol–water partition coefficient (Wildman–Crippen LogP) is 2.49. The monoisotopic (exact) mass is 582 g/mol. The van der Waals surface area contributed by atoms with Crippen molar-refractivity contribution < 1.29 is 50.5 Å². The number of esters is 1. The Morgan fingerprint density at radius 2 is 1.90 bits per heavy atom. The zero-order valence-electron chi connectivity index (χ0n) is 20.9. The number of aliphatic hydroxyl groups is 1. The Morgan fingerprint density at radius 1 is 1.26 bits per heavy atom. The number of aromatic nitrogens is 2. The molecule has 0 aliphatic carbocycles. The standard InChI is InChI=1S/C22H27F4N4O8P/c1-12(2)36-16(31)13(3)29-39(34,38-14-7-5-4-6-8-14)35-11-21(18(23)24)17(32)22(25,26)19(37-21)30-10-9-15(27)28-20(30)33/h4-10,12-13,17-19,32H,11H2,1-3H3,(H,29,34)(H2,27,28,33). The molecule has 216 valence electrons. The second kappa shape index (κ2) is 11.6. The summed E-state index contributed by atoms with van der Waals surface area (Å²) in [5.41, 5.74) is 0.470. The van der Waals surface area contributed by atoms with Crippen LogP contribution in [0, 0.1) is 0 Å². The number of hydrogen-bond donors (Lipinski definition) is 3. The normalized spacial score (nSPS) is 24.9. The Kier molecular flexibility index (Phi) is 9.07. The third-order valence-corrected chi connectivity index (χ3v) is 7.07. The van der Waals surface area contributed by atoms with Crippen molar-refractivity contribution >= 4 is 19.5 Å². The van der Waals surface area contributed by atoms with E-state index < -0.39 is 68.4 Å². The molecule has 1 aliphatic heterocycles. The number of benzene rings is 1. The Labute approximate surface area is 219 Å². The molecule has 1 aromatic carbocycles. The summed E-state index contributed by atoms with van der Waals surface area (Å²) in [5, 5.41) is 12.6. The van der Waals surface area contributed by atoms with Gasteiger partial charge in [0.1, 0.15) is 17.6 Å². The first-order chi connectivity index (χ1) is 18.1. The second-order valence-electron chi connectivity index (χ2n) is 8.86. The summed E-state index contributed by atoms with van der Waals surface area (Å²) in [6.45, 7) is 2.68. The van der Waals surface area contributed by atoms with E-state index >= 15 is 8.78 Å². The molecule has 0 spiro atoms. The van der Waals surface area contributed by atoms with Gasteiger partial charge in [0.25, 0.3) is 6.43 Å². The minimum absolute atomic E-state index is 0.0977. The van der Waals surface area contributed by atoms with Crippen molar-refractivity contribution in [3.05, 3.63) is 53.1 Å². The molecular weight excluding hydrogens is 555 g/mol. The number of halogens is 4. The lowest BCUT2D eigenvalue weighted by Gasteiger charge is -2.32. The van der Waals surface area contributed by atoms with Gasteiger partial charge in [-0.1, -0.05) is 18.2 Å². The fraction of sp³-hybridized carbons (Fsp3) is 0.500. The fourth-order valence-electron chi connectivity index (χ4n) is 3.53. The van der Waals surface area contributed by atoms with Crippen LogP contribution in [0.5, 0.6) is 5.75 Å². The van der Waals surface area contributed by atoms with Crippen LogP contribution in [0.25, 0.3) is 0 Å². The van der Waals surface area contributed by atoms with Crippen LogP contribution >= 0.6 is 7.75 Å². The molecule has 0 saturated carbocycles. The number of nitrogens with zero attached hydrogens (tertiary/aromatic N) is 2. The zero-order valence-corrected chi connectivity index (χ0v) is 21.8. The topological polar surface area (TPSA) is 164 Å². The third-order valence-electron chi connectivity index (χ3n) is 5.45. The second-order valence-corrected chi connectivity index (χ2v) is 10.6. The Balaban J connectivity index is 1.94. The van der Waals surface area contributed by atoms with Gasteiger partial charge >= 0.3 is 25.3 Å². The van der Waals surface area contributed by atoms with Crippen molar-refractivity contribution in [3.8, 4) is 5.75 Å². The molecule has 1 aliphatic rings. The van der Waals surface area contributed by atoms with E-state index in [9.17, 15) is 28.0 Å². The van der Waals surface area contributed by atoms with Crippen molar-refractivity contribution in [3.63, 3.8) is 0 Å². The maximum atomic E-state index is 15.1. The molecule has 39 heavy (non-hydrogen) atoms. The predicted molar refractivity (Wildman–Crippen MR) is 127 cm³/mol. The van der Waals surface area contributed by atoms with Crippen molar-refractivity contribution in [2.45, 2.75) is 63.2 Å². The summed E-state index contributed by atoms with van der Waals surface area (Å²) in [6, 6.07) is 6.74. The smallest absolute Gasteiger partial charge is 0.459 e. The van der Waals surface area contributed by atoms with Gasteiger partial charge < -0.3 is 24.8 Å². The fourth-order valence-corrected chi connectivity index (χ4v) is 5.06. The molecule has 0 bridgehead atoms. The van der Waals surface area contributed by atoms with E-state index in [4.69, 9.17) is 24.3 Å². The van der Waals surface area contributed by atoms with Gasteiger partial charge in [-0.25, -0.2) is 18.1 Å². The van der Waals surface area contributed by atoms with Gasteiger partial charge in [-0.05, 0) is 39.0 Å². The Hall–Kier alpha value is -3.04. The number of rotatable bonds is 11. The number of carbonyl (C=O) groups excluding carboxylic acids is 1. The number of nitrogen functional groups attached to an aromatic ring is 1. The van der Waals surface area contributed by atoms with Crippen LogP contribution in [0.15, 0.2) is 47.4 Å². The molecule has 2 heterocycles. The van der Waals surface area contributed by atoms with Crippen LogP contribution in [0.3, 0.4) is 0 Å². The van der Waals surface area contributed by atoms with Gasteiger partial charge in [-0.3, -0.25) is 13.9 Å². The first-order valence-electron chi connectivity index (χ1n) is 11.5. The van der Waals surface area contributed by atoms with Gasteiger partial charge in [-0.15, -0.1) is 0 Å². The molecule has 5 atom stereocenters. The quantitative estimate of drug-likeness (QED) is 0.203. The van der Waals surface area contributed by atoms with Gasteiger partial charge in [0.15, 0.2) is 11.7 Å². The van der Waals surface area contributed by atoms with Crippen molar-refractivity contribution in [2.75, 3.05) is 12.3 Å². The average Bonchev–Trinajstić information content (AvgIpc) is 3.04. The average molecular weight is 582 g/mol. The summed E-state index contributed by atoms with van der Waals surface area (Å²) in [7, 11) is -4.82. The molecule has 12 nitrogen and oxygen atoms in total. The highest BCUT2D eigenvalue weighted by Crippen LogP contribution is 2.53. The number of nitrogens with one attached hydrogen (secondary N) is 1. The molecular formula is C22H27F4N4O8P. The summed E-state index contributed by atoms with van der Waals surface area (Å²) in [6.07, 6.45) is -9.70. The molecule has 4 N–H and O–H groups in total. The van der Waals surface area contributed by atoms with E-state index in [0.717, 1.165) is 12.3 Å². The lowest BCUT2D eigenvalue weighted by molar-refractivity contribution is -0.193. The van der Waals surface area contributed by atoms with E-state index in [-0.39, 0.29) is 16.1 Å². The van der Waals surface area contributed by atoms with Gasteiger partial charge in [0.2, 0.25) is 6.23 Å². The Morgan fingerprint density at radius 3 is 2.46 bits per heavy atom. The molecule has 17 heteroatoms. The van der Waals surface area contributed by atoms with Crippen LogP contribution in [-0.2, 0) is 23.4 Å². The highest BCUT2D eigenvalue weighted by atomic mass is 31.2. The Bertz CT molecular complexity index is 1270. The number of carbonyl (C=O) groups is 1. The van der Waals surface area contributed by atoms with Crippen molar-refractivity contribution in [2.24, 2.45) is 0 Å². The molecule has 1 saturated heterocycles. The first kappa shape index (κ1) is 30.5. The third kappa shape index (κ3) is 6.58. The number of hydrogen-bond acceptors (Lipinski definition) is 10. The van der Waals surface area contributed by atoms with E-state index in [1.165, 1.54) is 31.2 Å². The SMILES string of the molecule is CC(C)OC(=O)C(C)NP(=O)(OCC1(C(F)F)OC(n2ccc(N)nc2=O)C(F)(F)C1O)Oc1ccccc1. The summed E-state index contributed by atoms with van der Waals surface area (Å²) < 4.78 is 92.9. The van der Waals surface area contributed by atoms with Crippen molar-refractivity contribution in [1.29, 1.82) is 0 Å². The number of para-hydroxylation sites is 1. The number of alkyl halides is 4. The largest absolute Gasteiger partial charge is 0.462 e. The highest BCUT2D eigenvalue weighted by molar-refractivity contribution is 7.52. The highest BCUT2D eigenvalue weighted by Gasteiger charge is 2.71. The van der Waals surface area contributed by atoms with Gasteiger partial charge in [-0.2, -0.15) is 18.9 Å². The number of anilines is 1. The minimum Gasteiger partial charge on any atom is -0.462 e. The molecule has 0 amide bonds. The van der Waals surface area contributed by atoms with Crippen molar-refractivity contribution in [1.82, 2.24) is 14.6 Å². The van der Waals surface area contributed by atoms with E-state index in [1.54, 1.807) is 19.9 Å². The lowest BCUT2D eigenvalue weighted by Crippen LogP contribution is -2.54. The van der Waals surface area contributed by atoms with E-state index in [1.807, 2.05) is 0 Å². The minimum atomic E-state index is -4.82. The summed E-state index contributed by atoms with van der Waals surface area (Å²) >= 11 is 0. The molecule has 5 unspecified atom stereocenters.